The van der Waals surface area contributed by atoms with Crippen molar-refractivity contribution in [3.05, 3.63) is 0 Å². The first-order valence-corrected chi connectivity index (χ1v) is 9.93. The normalized spacial score (nSPS) is 21.0. The van der Waals surface area contributed by atoms with Crippen LogP contribution >= 0.6 is 24.0 Å². The maximum absolute atomic E-state index is 12.6. The Labute approximate surface area is 180 Å². The van der Waals surface area contributed by atoms with Gasteiger partial charge >= 0.3 is 0 Å². The van der Waals surface area contributed by atoms with Crippen LogP contribution in [0.15, 0.2) is 4.99 Å². The van der Waals surface area contributed by atoms with E-state index in [0.717, 1.165) is 38.9 Å². The molecule has 2 fully saturated rings. The number of hydrogen-bond acceptors (Lipinski definition) is 3. The van der Waals surface area contributed by atoms with Gasteiger partial charge in [-0.1, -0.05) is 12.8 Å². The first-order valence-electron chi connectivity index (χ1n) is 9.93. The van der Waals surface area contributed by atoms with E-state index < -0.39 is 5.41 Å². The molecule has 2 aliphatic rings. The second kappa shape index (κ2) is 11.1. The van der Waals surface area contributed by atoms with Crippen molar-refractivity contribution >= 4 is 41.8 Å². The van der Waals surface area contributed by atoms with Gasteiger partial charge in [0.15, 0.2) is 5.96 Å². The lowest BCUT2D eigenvalue weighted by molar-refractivity contribution is -0.134. The van der Waals surface area contributed by atoms with E-state index >= 15 is 0 Å². The average molecular weight is 493 g/mol. The minimum atomic E-state index is -0.558. The molecule has 1 aliphatic heterocycles. The lowest BCUT2D eigenvalue weighted by Gasteiger charge is -2.23. The molecule has 7 nitrogen and oxygen atoms in total. The molecule has 0 spiro atoms. The third-order valence-corrected chi connectivity index (χ3v) is 5.36. The summed E-state index contributed by atoms with van der Waals surface area (Å²) in [5, 5.41) is 9.36. The fourth-order valence-corrected chi connectivity index (χ4v) is 3.71. The van der Waals surface area contributed by atoms with Gasteiger partial charge in [-0.05, 0) is 40.0 Å². The Balaban J connectivity index is 0.00000364. The summed E-state index contributed by atoms with van der Waals surface area (Å²) in [5.74, 6) is 1.26. The predicted molar refractivity (Wildman–Crippen MR) is 119 cm³/mol. The number of halogens is 1. The van der Waals surface area contributed by atoms with Crippen LogP contribution in [-0.2, 0) is 9.59 Å². The number of amides is 2. The van der Waals surface area contributed by atoms with E-state index in [0.29, 0.717) is 18.4 Å². The van der Waals surface area contributed by atoms with Gasteiger partial charge in [-0.15, -0.1) is 24.0 Å². The molecule has 1 unspecified atom stereocenters. The maximum Gasteiger partial charge on any atom is 0.227 e. The van der Waals surface area contributed by atoms with Gasteiger partial charge in [0, 0.05) is 38.6 Å². The number of guanidine groups is 1. The zero-order valence-corrected chi connectivity index (χ0v) is 19.5. The van der Waals surface area contributed by atoms with Gasteiger partial charge in [-0.2, -0.15) is 0 Å². The number of hydrogen-bond donors (Lipinski definition) is 3. The molecule has 1 saturated heterocycles. The maximum atomic E-state index is 12.6. The molecule has 0 bridgehead atoms. The number of aliphatic imine (C=N–C) groups is 1. The van der Waals surface area contributed by atoms with Gasteiger partial charge in [-0.25, -0.2) is 0 Å². The zero-order chi connectivity index (χ0) is 19.2. The highest BCUT2D eigenvalue weighted by Crippen LogP contribution is 2.27. The van der Waals surface area contributed by atoms with Crippen LogP contribution in [0, 0.1) is 11.3 Å². The van der Waals surface area contributed by atoms with E-state index in [4.69, 9.17) is 0 Å². The van der Waals surface area contributed by atoms with Crippen molar-refractivity contribution in [3.63, 3.8) is 0 Å². The quantitative estimate of drug-likeness (QED) is 0.299. The summed E-state index contributed by atoms with van der Waals surface area (Å²) < 4.78 is 0. The van der Waals surface area contributed by atoms with E-state index in [9.17, 15) is 9.59 Å². The Kier molecular flexibility index (Phi) is 9.83. The minimum absolute atomic E-state index is 0. The molecule has 2 rings (SSSR count). The number of nitrogens with one attached hydrogen (secondary N) is 3. The van der Waals surface area contributed by atoms with Crippen molar-refractivity contribution in [2.75, 3.05) is 33.2 Å². The molecule has 0 aromatic carbocycles. The fourth-order valence-electron chi connectivity index (χ4n) is 3.71. The number of likely N-dealkylation sites (tertiary alicyclic amines) is 1. The smallest absolute Gasteiger partial charge is 0.227 e. The molecule has 2 amide bonds. The Morgan fingerprint density at radius 1 is 1.19 bits per heavy atom. The van der Waals surface area contributed by atoms with Gasteiger partial charge in [0.2, 0.25) is 11.8 Å². The van der Waals surface area contributed by atoms with Crippen LogP contribution in [0.3, 0.4) is 0 Å². The molecule has 3 N–H and O–H groups in total. The van der Waals surface area contributed by atoms with E-state index in [-0.39, 0.29) is 41.8 Å². The highest BCUT2D eigenvalue weighted by Gasteiger charge is 2.32. The Morgan fingerprint density at radius 3 is 2.44 bits per heavy atom. The molecule has 156 valence electrons. The first kappa shape index (κ1) is 24.0. The largest absolute Gasteiger partial charge is 0.359 e. The highest BCUT2D eigenvalue weighted by molar-refractivity contribution is 14.0. The summed E-state index contributed by atoms with van der Waals surface area (Å²) >= 11 is 0. The molecule has 27 heavy (non-hydrogen) atoms. The summed E-state index contributed by atoms with van der Waals surface area (Å²) in [6.45, 7) is 8.50. The molecule has 1 saturated carbocycles. The van der Waals surface area contributed by atoms with Gasteiger partial charge in [-0.3, -0.25) is 14.6 Å². The third-order valence-electron chi connectivity index (χ3n) is 5.36. The molecule has 1 heterocycles. The predicted octanol–water partition coefficient (Wildman–Crippen LogP) is 1.72. The molecule has 0 aromatic heterocycles. The van der Waals surface area contributed by atoms with Crippen molar-refractivity contribution in [3.8, 4) is 0 Å². The van der Waals surface area contributed by atoms with Crippen LogP contribution in [0.2, 0.25) is 0 Å². The van der Waals surface area contributed by atoms with Crippen LogP contribution in [0.5, 0.6) is 0 Å². The lowest BCUT2D eigenvalue weighted by Crippen LogP contribution is -2.46. The number of carbonyl (C=O) groups is 2. The van der Waals surface area contributed by atoms with Gasteiger partial charge in [0.05, 0.1) is 12.0 Å². The number of rotatable bonds is 6. The average Bonchev–Trinajstić information content (AvgIpc) is 3.30. The summed E-state index contributed by atoms with van der Waals surface area (Å²) in [6, 6.07) is 0.210. The van der Waals surface area contributed by atoms with Gasteiger partial charge in [0.25, 0.3) is 0 Å². The summed E-state index contributed by atoms with van der Waals surface area (Å²) in [7, 11) is 1.64. The molecular weight excluding hydrogens is 457 g/mol. The summed E-state index contributed by atoms with van der Waals surface area (Å²) in [5.41, 5.74) is -0.558. The summed E-state index contributed by atoms with van der Waals surface area (Å²) in [6.07, 6.45) is 5.40. The summed E-state index contributed by atoms with van der Waals surface area (Å²) in [4.78, 5) is 31.1. The molecule has 0 aromatic rings. The van der Waals surface area contributed by atoms with Crippen molar-refractivity contribution in [2.45, 2.75) is 58.9 Å². The highest BCUT2D eigenvalue weighted by atomic mass is 127. The first-order chi connectivity index (χ1) is 12.4. The Morgan fingerprint density at radius 2 is 1.85 bits per heavy atom. The van der Waals surface area contributed by atoms with Crippen molar-refractivity contribution < 1.29 is 9.59 Å². The van der Waals surface area contributed by atoms with E-state index in [1.165, 1.54) is 12.8 Å². The molecule has 1 atom stereocenters. The lowest BCUT2D eigenvalue weighted by atomic mass is 9.93. The molecule has 1 aliphatic carbocycles. The monoisotopic (exact) mass is 493 g/mol. The van der Waals surface area contributed by atoms with Gasteiger partial charge in [0.1, 0.15) is 0 Å². The van der Waals surface area contributed by atoms with Crippen LogP contribution in [0.1, 0.15) is 52.9 Å². The topological polar surface area (TPSA) is 85.8 Å². The number of nitrogens with zero attached hydrogens (tertiary/aromatic N) is 2. The molecular formula is C19H36IN5O2. The molecule has 0 radical (unpaired) electrons. The van der Waals surface area contributed by atoms with E-state index in [1.54, 1.807) is 7.05 Å². The van der Waals surface area contributed by atoms with E-state index in [2.05, 4.69) is 20.9 Å². The van der Waals surface area contributed by atoms with Crippen LogP contribution in [0.4, 0.5) is 0 Å². The van der Waals surface area contributed by atoms with Crippen LogP contribution in [-0.4, -0.2) is 61.9 Å². The number of carbonyl (C=O) groups excluding carboxylic acids is 2. The standard InChI is InChI=1S/C19H35N5O2.HI/c1-5-21-18(22-13-19(2,3)17(26)20-4)23-15-10-11-24(12-15)16(25)14-8-6-7-9-14;/h14-15H,5-13H2,1-4H3,(H,20,26)(H2,21,22,23);1H. The Bertz CT molecular complexity index is 532. The second-order valence-electron chi connectivity index (χ2n) is 8.05. The van der Waals surface area contributed by atoms with Crippen molar-refractivity contribution in [1.29, 1.82) is 0 Å². The zero-order valence-electron chi connectivity index (χ0n) is 17.1. The van der Waals surface area contributed by atoms with Crippen LogP contribution in [0.25, 0.3) is 0 Å². The van der Waals surface area contributed by atoms with Crippen molar-refractivity contribution in [2.24, 2.45) is 16.3 Å². The SMILES string of the molecule is CCNC(=NCC(C)(C)C(=O)NC)NC1CCN(C(=O)C2CCCC2)C1.I. The third kappa shape index (κ3) is 6.80. The van der Waals surface area contributed by atoms with Crippen molar-refractivity contribution in [1.82, 2.24) is 20.9 Å². The second-order valence-corrected chi connectivity index (χ2v) is 8.05. The molecule has 8 heteroatoms. The Hall–Kier alpha value is -1.06. The van der Waals surface area contributed by atoms with E-state index in [1.807, 2.05) is 25.7 Å². The fraction of sp³-hybridized carbons (Fsp3) is 0.842. The minimum Gasteiger partial charge on any atom is -0.359 e. The van der Waals surface area contributed by atoms with Gasteiger partial charge < -0.3 is 20.9 Å². The van der Waals surface area contributed by atoms with Crippen LogP contribution < -0.4 is 16.0 Å².